The van der Waals surface area contributed by atoms with E-state index in [1.54, 1.807) is 6.08 Å². The maximum Gasteiger partial charge on any atom is 0.347 e. The molecule has 2 atom stereocenters. The molecule has 1 aromatic carbocycles. The standard InChI is InChI=1S/C18H12O7/c1-22-14-9(6-19)15-13(8-4-5-23-18(8)25-15)16-12(14)7-2-3-10(20)11(7)17(21)24-16/h4-6,8,18H,2-3H2,1H3/t8?,18-/m1/s1. The van der Waals surface area contributed by atoms with Gasteiger partial charge in [0.1, 0.15) is 22.6 Å². The Hall–Kier alpha value is -3.09. The molecule has 3 aliphatic rings. The zero-order valence-electron chi connectivity index (χ0n) is 13.2. The minimum Gasteiger partial charge on any atom is -0.495 e. The molecule has 0 fully saturated rings. The highest BCUT2D eigenvalue weighted by molar-refractivity contribution is 6.08. The zero-order chi connectivity index (χ0) is 17.3. The van der Waals surface area contributed by atoms with Crippen molar-refractivity contribution in [2.75, 3.05) is 7.11 Å². The van der Waals surface area contributed by atoms with Crippen LogP contribution in [0.1, 0.15) is 44.2 Å². The van der Waals surface area contributed by atoms with Crippen LogP contribution in [-0.4, -0.2) is 25.5 Å². The van der Waals surface area contributed by atoms with Crippen LogP contribution >= 0.6 is 0 Å². The van der Waals surface area contributed by atoms with Gasteiger partial charge in [-0.2, -0.15) is 0 Å². The third-order valence-corrected chi connectivity index (χ3v) is 5.00. The maximum atomic E-state index is 12.4. The molecule has 0 spiro atoms. The fourth-order valence-corrected chi connectivity index (χ4v) is 3.97. The minimum absolute atomic E-state index is 0.0521. The molecule has 5 rings (SSSR count). The predicted molar refractivity (Wildman–Crippen MR) is 84.5 cm³/mol. The van der Waals surface area contributed by atoms with Crippen LogP contribution < -0.4 is 15.1 Å². The molecule has 1 unspecified atom stereocenters. The molecule has 126 valence electrons. The van der Waals surface area contributed by atoms with E-state index in [0.717, 1.165) is 0 Å². The van der Waals surface area contributed by atoms with Crippen LogP contribution in [0, 0.1) is 0 Å². The van der Waals surface area contributed by atoms with E-state index in [4.69, 9.17) is 18.6 Å². The van der Waals surface area contributed by atoms with Gasteiger partial charge in [-0.3, -0.25) is 9.59 Å². The number of hydrogen-bond acceptors (Lipinski definition) is 7. The van der Waals surface area contributed by atoms with Crippen molar-refractivity contribution in [3.05, 3.63) is 45.0 Å². The molecule has 2 aliphatic heterocycles. The first kappa shape index (κ1) is 14.3. The van der Waals surface area contributed by atoms with Gasteiger partial charge in [0.15, 0.2) is 12.1 Å². The van der Waals surface area contributed by atoms with E-state index >= 15 is 0 Å². The van der Waals surface area contributed by atoms with Gasteiger partial charge in [0.2, 0.25) is 0 Å². The molecule has 7 nitrogen and oxygen atoms in total. The number of hydrogen-bond donors (Lipinski definition) is 0. The average molecular weight is 340 g/mol. The second kappa shape index (κ2) is 4.72. The van der Waals surface area contributed by atoms with Crippen molar-refractivity contribution in [3.8, 4) is 11.5 Å². The van der Waals surface area contributed by atoms with Gasteiger partial charge in [-0.15, -0.1) is 0 Å². The Morgan fingerprint density at radius 3 is 2.88 bits per heavy atom. The lowest BCUT2D eigenvalue weighted by Gasteiger charge is -2.15. The van der Waals surface area contributed by atoms with Gasteiger partial charge in [-0.05, 0) is 18.1 Å². The van der Waals surface area contributed by atoms with Crippen LogP contribution in [-0.2, 0) is 11.2 Å². The lowest BCUT2D eigenvalue weighted by molar-refractivity contribution is -0.00510. The fourth-order valence-electron chi connectivity index (χ4n) is 3.97. The zero-order valence-corrected chi connectivity index (χ0v) is 13.2. The molecule has 0 amide bonds. The number of aldehydes is 1. The molecule has 7 heteroatoms. The van der Waals surface area contributed by atoms with Crippen molar-refractivity contribution in [3.63, 3.8) is 0 Å². The maximum absolute atomic E-state index is 12.4. The van der Waals surface area contributed by atoms with Gasteiger partial charge in [0.25, 0.3) is 6.29 Å². The van der Waals surface area contributed by atoms with E-state index in [9.17, 15) is 14.4 Å². The molecule has 1 aromatic heterocycles. The number of carbonyl (C=O) groups is 2. The van der Waals surface area contributed by atoms with Crippen molar-refractivity contribution >= 4 is 23.0 Å². The number of rotatable bonds is 2. The highest BCUT2D eigenvalue weighted by atomic mass is 16.7. The minimum atomic E-state index is -0.667. The first-order valence-corrected chi connectivity index (χ1v) is 7.86. The van der Waals surface area contributed by atoms with Gasteiger partial charge in [0.05, 0.1) is 35.8 Å². The molecule has 25 heavy (non-hydrogen) atoms. The average Bonchev–Trinajstić information content (AvgIpc) is 3.28. The molecule has 2 aromatic rings. The second-order valence-electron chi connectivity index (χ2n) is 6.15. The molecule has 3 heterocycles. The van der Waals surface area contributed by atoms with Crippen LogP contribution in [0.15, 0.2) is 21.5 Å². The van der Waals surface area contributed by atoms with E-state index in [-0.39, 0.29) is 35.0 Å². The largest absolute Gasteiger partial charge is 0.495 e. The summed E-state index contributed by atoms with van der Waals surface area (Å²) in [7, 11) is 1.43. The summed E-state index contributed by atoms with van der Waals surface area (Å²) in [6.07, 6.45) is 3.99. The predicted octanol–water partition coefficient (Wildman–Crippen LogP) is 2.09. The lowest BCUT2D eigenvalue weighted by atomic mass is 9.93. The van der Waals surface area contributed by atoms with Crippen LogP contribution in [0.2, 0.25) is 0 Å². The number of ether oxygens (including phenoxy) is 3. The smallest absolute Gasteiger partial charge is 0.347 e. The Labute approximate surface area is 140 Å². The highest BCUT2D eigenvalue weighted by Crippen LogP contribution is 2.52. The Kier molecular flexibility index (Phi) is 2.69. The van der Waals surface area contributed by atoms with Gasteiger partial charge in [-0.1, -0.05) is 0 Å². The van der Waals surface area contributed by atoms with E-state index < -0.39 is 11.9 Å². The highest BCUT2D eigenvalue weighted by Gasteiger charge is 2.44. The lowest BCUT2D eigenvalue weighted by Crippen LogP contribution is -2.14. The second-order valence-corrected chi connectivity index (χ2v) is 6.15. The van der Waals surface area contributed by atoms with Crippen molar-refractivity contribution in [1.82, 2.24) is 0 Å². The number of carbonyl (C=O) groups excluding carboxylic acids is 2. The molecule has 0 N–H and O–H groups in total. The van der Waals surface area contributed by atoms with Crippen molar-refractivity contribution in [2.24, 2.45) is 0 Å². The van der Waals surface area contributed by atoms with E-state index in [1.165, 1.54) is 13.4 Å². The summed E-state index contributed by atoms with van der Waals surface area (Å²) in [6.45, 7) is 0. The summed E-state index contributed by atoms with van der Waals surface area (Å²) in [4.78, 5) is 36.2. The third-order valence-electron chi connectivity index (χ3n) is 5.00. The molecular formula is C18H12O7. The molecule has 0 radical (unpaired) electrons. The topological polar surface area (TPSA) is 92.0 Å². The van der Waals surface area contributed by atoms with Crippen LogP contribution in [0.4, 0.5) is 0 Å². The summed E-state index contributed by atoms with van der Waals surface area (Å²) in [6, 6.07) is 0. The monoisotopic (exact) mass is 340 g/mol. The molecule has 0 saturated heterocycles. The SMILES string of the molecule is COc1c(C=O)c2c(c3oc(=O)c4c(c13)CCC4=O)C1C=CO[C@@H]1O2. The van der Waals surface area contributed by atoms with Crippen molar-refractivity contribution in [2.45, 2.75) is 25.0 Å². The summed E-state index contributed by atoms with van der Waals surface area (Å²) in [5.41, 5.74) is 1.06. The first-order chi connectivity index (χ1) is 12.2. The summed E-state index contributed by atoms with van der Waals surface area (Å²) in [5, 5.41) is 0.494. The van der Waals surface area contributed by atoms with Crippen LogP contribution in [0.3, 0.4) is 0 Å². The number of benzene rings is 1. The Morgan fingerprint density at radius 2 is 2.12 bits per heavy atom. The van der Waals surface area contributed by atoms with Gasteiger partial charge in [0, 0.05) is 6.42 Å². The fraction of sp³-hybridized carbons (Fsp3) is 0.278. The number of fused-ring (bicyclic) bond motifs is 7. The summed E-state index contributed by atoms with van der Waals surface area (Å²) >= 11 is 0. The van der Waals surface area contributed by atoms with Crippen molar-refractivity contribution < 1.29 is 28.2 Å². The quantitative estimate of drug-likeness (QED) is 0.610. The third kappa shape index (κ3) is 1.62. The van der Waals surface area contributed by atoms with Crippen LogP contribution in [0.5, 0.6) is 11.5 Å². The Morgan fingerprint density at radius 1 is 1.28 bits per heavy atom. The first-order valence-electron chi connectivity index (χ1n) is 7.86. The Bertz CT molecular complexity index is 1060. The number of methoxy groups -OCH3 is 1. The molecule has 0 saturated carbocycles. The van der Waals surface area contributed by atoms with Crippen molar-refractivity contribution in [1.29, 1.82) is 0 Å². The number of ketones is 1. The Balaban J connectivity index is 2.01. The van der Waals surface area contributed by atoms with Gasteiger partial charge in [-0.25, -0.2) is 4.79 Å². The number of aryl methyl sites for hydroxylation is 1. The molecule has 1 aliphatic carbocycles. The van der Waals surface area contributed by atoms with E-state index in [2.05, 4.69) is 0 Å². The summed E-state index contributed by atoms with van der Waals surface area (Å²) < 4.78 is 22.1. The molecule has 0 bridgehead atoms. The normalized spacial score (nSPS) is 22.4. The molecular weight excluding hydrogens is 328 g/mol. The van der Waals surface area contributed by atoms with E-state index in [1.807, 2.05) is 0 Å². The summed E-state index contributed by atoms with van der Waals surface area (Å²) in [5.74, 6) is 0.00742. The number of Topliss-reactive ketones (excluding diaryl/α,β-unsaturated/α-hetero) is 1. The van der Waals surface area contributed by atoms with E-state index in [0.29, 0.717) is 40.6 Å². The van der Waals surface area contributed by atoms with Gasteiger partial charge >= 0.3 is 5.63 Å². The van der Waals surface area contributed by atoms with Crippen LogP contribution in [0.25, 0.3) is 11.0 Å². The van der Waals surface area contributed by atoms with Gasteiger partial charge < -0.3 is 18.6 Å².